The molecule has 1 aliphatic carbocycles. The summed E-state index contributed by atoms with van der Waals surface area (Å²) in [5.74, 6) is 0. The van der Waals surface area contributed by atoms with Gasteiger partial charge in [0.1, 0.15) is 0 Å². The Labute approximate surface area is 94.7 Å². The molecule has 0 bridgehead atoms. The van der Waals surface area contributed by atoms with Crippen LogP contribution in [0.2, 0.25) is 0 Å². The summed E-state index contributed by atoms with van der Waals surface area (Å²) in [5.41, 5.74) is 6.05. The summed E-state index contributed by atoms with van der Waals surface area (Å²) < 4.78 is 0. The van der Waals surface area contributed by atoms with Crippen molar-refractivity contribution in [2.24, 2.45) is 5.73 Å². The first kappa shape index (κ1) is 9.82. The van der Waals surface area contributed by atoms with Crippen molar-refractivity contribution >= 4 is 10.8 Å². The predicted molar refractivity (Wildman–Crippen MR) is 65.1 cm³/mol. The summed E-state index contributed by atoms with van der Waals surface area (Å²) >= 11 is 0. The Hall–Kier alpha value is -1.38. The summed E-state index contributed by atoms with van der Waals surface area (Å²) in [7, 11) is 0. The largest absolute Gasteiger partial charge is 0.385 e. The van der Waals surface area contributed by atoms with Gasteiger partial charge >= 0.3 is 0 Å². The van der Waals surface area contributed by atoms with E-state index in [1.54, 1.807) is 0 Å². The molecule has 1 aliphatic rings. The van der Waals surface area contributed by atoms with Gasteiger partial charge in [0.25, 0.3) is 0 Å². The highest BCUT2D eigenvalue weighted by Crippen LogP contribution is 2.41. The van der Waals surface area contributed by atoms with Crippen molar-refractivity contribution in [2.45, 2.75) is 24.5 Å². The van der Waals surface area contributed by atoms with E-state index in [2.05, 4.69) is 24.3 Å². The first-order valence-corrected chi connectivity index (χ1v) is 5.65. The molecule has 2 aromatic carbocycles. The van der Waals surface area contributed by atoms with Gasteiger partial charge < -0.3 is 10.8 Å². The van der Waals surface area contributed by atoms with Crippen LogP contribution in [0.3, 0.4) is 0 Å². The highest BCUT2D eigenvalue weighted by molar-refractivity contribution is 5.83. The van der Waals surface area contributed by atoms with Crippen LogP contribution in [-0.2, 0) is 5.60 Å². The van der Waals surface area contributed by atoms with Gasteiger partial charge in [-0.3, -0.25) is 0 Å². The van der Waals surface area contributed by atoms with Crippen molar-refractivity contribution < 1.29 is 5.11 Å². The molecule has 2 heteroatoms. The van der Waals surface area contributed by atoms with Gasteiger partial charge in [-0.05, 0) is 35.2 Å². The topological polar surface area (TPSA) is 46.2 Å². The average molecular weight is 213 g/mol. The van der Waals surface area contributed by atoms with Gasteiger partial charge in [-0.25, -0.2) is 0 Å². The van der Waals surface area contributed by atoms with Crippen molar-refractivity contribution in [3.63, 3.8) is 0 Å². The number of aliphatic hydroxyl groups is 1. The third-order valence-electron chi connectivity index (χ3n) is 3.49. The Morgan fingerprint density at radius 2 is 1.75 bits per heavy atom. The molecule has 0 saturated heterocycles. The number of hydrogen-bond donors (Lipinski definition) is 2. The fourth-order valence-electron chi connectivity index (χ4n) is 2.52. The third-order valence-corrected chi connectivity index (χ3v) is 3.49. The molecule has 1 fully saturated rings. The van der Waals surface area contributed by atoms with Crippen LogP contribution in [0.25, 0.3) is 10.8 Å². The van der Waals surface area contributed by atoms with E-state index in [0.29, 0.717) is 12.8 Å². The molecule has 0 radical (unpaired) electrons. The molecule has 0 aromatic heterocycles. The van der Waals surface area contributed by atoms with Crippen LogP contribution in [0.5, 0.6) is 0 Å². The maximum Gasteiger partial charge on any atom is 0.0926 e. The van der Waals surface area contributed by atoms with Gasteiger partial charge in [0.2, 0.25) is 0 Å². The minimum atomic E-state index is -0.691. The van der Waals surface area contributed by atoms with E-state index in [1.807, 2.05) is 18.2 Å². The molecule has 82 valence electrons. The third kappa shape index (κ3) is 1.42. The van der Waals surface area contributed by atoms with Crippen LogP contribution < -0.4 is 5.73 Å². The molecule has 0 unspecified atom stereocenters. The minimum absolute atomic E-state index is 0.150. The van der Waals surface area contributed by atoms with Crippen molar-refractivity contribution in [2.75, 3.05) is 0 Å². The Kier molecular flexibility index (Phi) is 2.03. The van der Waals surface area contributed by atoms with Crippen molar-refractivity contribution in [1.82, 2.24) is 0 Å². The van der Waals surface area contributed by atoms with Crippen molar-refractivity contribution in [3.05, 3.63) is 48.0 Å². The fraction of sp³-hybridized carbons (Fsp3) is 0.286. The van der Waals surface area contributed by atoms with Gasteiger partial charge in [-0.15, -0.1) is 0 Å². The van der Waals surface area contributed by atoms with Crippen LogP contribution in [0, 0.1) is 0 Å². The molecule has 16 heavy (non-hydrogen) atoms. The van der Waals surface area contributed by atoms with Gasteiger partial charge in [-0.1, -0.05) is 36.4 Å². The lowest BCUT2D eigenvalue weighted by Crippen LogP contribution is -2.49. The van der Waals surface area contributed by atoms with E-state index in [1.165, 1.54) is 10.8 Å². The predicted octanol–water partition coefficient (Wildman–Crippen LogP) is 2.15. The summed E-state index contributed by atoms with van der Waals surface area (Å²) in [6.45, 7) is 0. The Morgan fingerprint density at radius 3 is 2.44 bits per heavy atom. The molecule has 3 rings (SSSR count). The second-order valence-electron chi connectivity index (χ2n) is 4.76. The standard InChI is InChI=1S/C14H15NO/c15-13-8-14(16,9-13)12-6-5-10-3-1-2-4-11(10)7-12/h1-7,13,16H,8-9,15H2. The molecular weight excluding hydrogens is 198 g/mol. The summed E-state index contributed by atoms with van der Waals surface area (Å²) in [5, 5.41) is 12.7. The Balaban J connectivity index is 2.06. The molecule has 1 saturated carbocycles. The van der Waals surface area contributed by atoms with Crippen molar-refractivity contribution in [1.29, 1.82) is 0 Å². The van der Waals surface area contributed by atoms with Gasteiger partial charge in [0, 0.05) is 6.04 Å². The van der Waals surface area contributed by atoms with Gasteiger partial charge in [0.15, 0.2) is 0 Å². The first-order chi connectivity index (χ1) is 7.67. The van der Waals surface area contributed by atoms with E-state index < -0.39 is 5.60 Å². The van der Waals surface area contributed by atoms with E-state index >= 15 is 0 Å². The molecule has 0 amide bonds. The smallest absolute Gasteiger partial charge is 0.0926 e. The lowest BCUT2D eigenvalue weighted by molar-refractivity contribution is -0.0521. The number of hydrogen-bond acceptors (Lipinski definition) is 2. The summed E-state index contributed by atoms with van der Waals surface area (Å²) in [4.78, 5) is 0. The Morgan fingerprint density at radius 1 is 1.06 bits per heavy atom. The molecule has 0 heterocycles. The van der Waals surface area contributed by atoms with E-state index in [9.17, 15) is 5.11 Å². The second-order valence-corrected chi connectivity index (χ2v) is 4.76. The molecule has 0 atom stereocenters. The molecular formula is C14H15NO. The lowest BCUT2D eigenvalue weighted by Gasteiger charge is -2.42. The highest BCUT2D eigenvalue weighted by Gasteiger charge is 2.42. The second kappa shape index (κ2) is 3.30. The quantitative estimate of drug-likeness (QED) is 0.762. The van der Waals surface area contributed by atoms with Crippen LogP contribution in [0.4, 0.5) is 0 Å². The van der Waals surface area contributed by atoms with Gasteiger partial charge in [0.05, 0.1) is 5.60 Å². The number of nitrogens with two attached hydrogens (primary N) is 1. The zero-order valence-electron chi connectivity index (χ0n) is 9.06. The molecule has 0 spiro atoms. The lowest BCUT2D eigenvalue weighted by atomic mass is 9.71. The van der Waals surface area contributed by atoms with E-state index in [4.69, 9.17) is 5.73 Å². The molecule has 2 aromatic rings. The maximum absolute atomic E-state index is 10.3. The van der Waals surface area contributed by atoms with Crippen LogP contribution in [0.15, 0.2) is 42.5 Å². The molecule has 2 nitrogen and oxygen atoms in total. The summed E-state index contributed by atoms with van der Waals surface area (Å²) in [6.07, 6.45) is 1.34. The average Bonchev–Trinajstić information content (AvgIpc) is 2.26. The van der Waals surface area contributed by atoms with Crippen molar-refractivity contribution in [3.8, 4) is 0 Å². The minimum Gasteiger partial charge on any atom is -0.385 e. The monoisotopic (exact) mass is 213 g/mol. The highest BCUT2D eigenvalue weighted by atomic mass is 16.3. The van der Waals surface area contributed by atoms with Crippen LogP contribution in [-0.4, -0.2) is 11.1 Å². The van der Waals surface area contributed by atoms with Gasteiger partial charge in [-0.2, -0.15) is 0 Å². The van der Waals surface area contributed by atoms with Crippen LogP contribution >= 0.6 is 0 Å². The number of rotatable bonds is 1. The normalized spacial score (nSPS) is 29.0. The summed E-state index contributed by atoms with van der Waals surface area (Å²) in [6, 6.07) is 14.5. The zero-order chi connectivity index (χ0) is 11.2. The maximum atomic E-state index is 10.3. The van der Waals surface area contributed by atoms with E-state index in [-0.39, 0.29) is 6.04 Å². The molecule has 3 N–H and O–H groups in total. The number of benzene rings is 2. The Bertz CT molecular complexity index is 529. The van der Waals surface area contributed by atoms with E-state index in [0.717, 1.165) is 5.56 Å². The van der Waals surface area contributed by atoms with Crippen LogP contribution in [0.1, 0.15) is 18.4 Å². The SMILES string of the molecule is NC1CC(O)(c2ccc3ccccc3c2)C1. The fourth-order valence-corrected chi connectivity index (χ4v) is 2.52. The molecule has 0 aliphatic heterocycles. The number of fused-ring (bicyclic) bond motifs is 1. The first-order valence-electron chi connectivity index (χ1n) is 5.65. The zero-order valence-corrected chi connectivity index (χ0v) is 9.06.